The molecular weight excluding hydrogens is 430 g/mol. The quantitative estimate of drug-likeness (QED) is 0.683. The van der Waals surface area contributed by atoms with Gasteiger partial charge in [-0.2, -0.15) is 0 Å². The van der Waals surface area contributed by atoms with E-state index in [1.165, 1.54) is 6.26 Å². The van der Waals surface area contributed by atoms with Gasteiger partial charge in [-0.3, -0.25) is 4.79 Å². The van der Waals surface area contributed by atoms with Gasteiger partial charge in [-0.25, -0.2) is 13.2 Å². The number of fused-ring (bicyclic) bond motifs is 1. The van der Waals surface area contributed by atoms with Crippen molar-refractivity contribution in [1.29, 1.82) is 0 Å². The molecule has 1 N–H and O–H groups in total. The monoisotopic (exact) mass is 469 g/mol. The Bertz CT molecular complexity index is 804. The highest BCUT2D eigenvalue weighted by atomic mass is 32.2. The van der Waals surface area contributed by atoms with E-state index >= 15 is 0 Å². The summed E-state index contributed by atoms with van der Waals surface area (Å²) in [7, 11) is -1.31. The molecule has 4 unspecified atom stereocenters. The van der Waals surface area contributed by atoms with E-state index in [1.807, 2.05) is 16.7 Å². The van der Waals surface area contributed by atoms with Gasteiger partial charge in [-0.1, -0.05) is 0 Å². The Kier molecular flexibility index (Phi) is 7.05. The van der Waals surface area contributed by atoms with E-state index in [0.29, 0.717) is 25.0 Å². The maximum absolute atomic E-state index is 13.4. The van der Waals surface area contributed by atoms with E-state index in [1.54, 1.807) is 7.05 Å². The first-order chi connectivity index (χ1) is 15.2. The Morgan fingerprint density at radius 3 is 2.25 bits per heavy atom. The number of amides is 3. The minimum absolute atomic E-state index is 0.00609. The van der Waals surface area contributed by atoms with Gasteiger partial charge >= 0.3 is 6.03 Å². The highest BCUT2D eigenvalue weighted by molar-refractivity contribution is 7.91. The highest BCUT2D eigenvalue weighted by Crippen LogP contribution is 2.43. The van der Waals surface area contributed by atoms with Crippen molar-refractivity contribution in [2.24, 2.45) is 11.8 Å². The molecule has 4 aliphatic rings. The average molecular weight is 470 g/mol. The second kappa shape index (κ2) is 9.49. The predicted molar refractivity (Wildman–Crippen MR) is 122 cm³/mol. The van der Waals surface area contributed by atoms with Crippen molar-refractivity contribution in [2.75, 3.05) is 26.5 Å². The lowest BCUT2D eigenvalue weighted by Crippen LogP contribution is -2.69. The van der Waals surface area contributed by atoms with Gasteiger partial charge in [0.25, 0.3) is 5.91 Å². The summed E-state index contributed by atoms with van der Waals surface area (Å²) in [6, 6.07) is -0.0774. The van der Waals surface area contributed by atoms with Crippen LogP contribution >= 0.6 is 0 Å². The number of urea groups is 1. The van der Waals surface area contributed by atoms with Gasteiger partial charge in [0.2, 0.25) is 0 Å². The molecule has 9 heteroatoms. The third kappa shape index (κ3) is 4.65. The molecule has 4 fully saturated rings. The Hall–Kier alpha value is -1.35. The minimum atomic E-state index is -2.97. The molecule has 0 aromatic carbocycles. The number of nitrogens with zero attached hydrogens (tertiary/aromatic N) is 2. The third-order valence-corrected chi connectivity index (χ3v) is 10.1. The SMILES string of the molecule is CNC(=O)N1C2CCC(C3CCC(S(C)(=O)=O)CC3)CC2N(C(=O)C2CCCO2)C[C@@H]1C. The van der Waals surface area contributed by atoms with E-state index in [0.717, 1.165) is 57.8 Å². The first-order valence-corrected chi connectivity index (χ1v) is 14.3. The van der Waals surface area contributed by atoms with Crippen LogP contribution in [0.25, 0.3) is 0 Å². The zero-order chi connectivity index (χ0) is 23.0. The summed E-state index contributed by atoms with van der Waals surface area (Å²) >= 11 is 0. The standard InChI is InChI=1S/C23H39N3O5S/c1-15-14-25(22(27)21-5-4-12-31-21)20-13-17(8-11-19(20)26(15)23(28)24-2)16-6-9-18(10-7-16)32(3,29)30/h15-21H,4-14H2,1-3H3,(H,24,28)/t15-,16?,17?,18?,19?,20?,21?/m0/s1. The lowest BCUT2D eigenvalue weighted by molar-refractivity contribution is -0.152. The summed E-state index contributed by atoms with van der Waals surface area (Å²) < 4.78 is 29.6. The number of carbonyl (C=O) groups excluding carboxylic acids is 2. The molecule has 0 radical (unpaired) electrons. The summed E-state index contributed by atoms with van der Waals surface area (Å²) in [5.41, 5.74) is 0. The molecule has 182 valence electrons. The summed E-state index contributed by atoms with van der Waals surface area (Å²) in [6.45, 7) is 3.21. The molecule has 8 nitrogen and oxygen atoms in total. The molecule has 4 rings (SSSR count). The van der Waals surface area contributed by atoms with Crippen molar-refractivity contribution in [3.63, 3.8) is 0 Å². The van der Waals surface area contributed by atoms with Gasteiger partial charge < -0.3 is 19.9 Å². The molecule has 2 saturated heterocycles. The second-order valence-electron chi connectivity index (χ2n) is 10.4. The van der Waals surface area contributed by atoms with Gasteiger partial charge in [0, 0.05) is 32.5 Å². The lowest BCUT2D eigenvalue weighted by Gasteiger charge is -2.55. The molecule has 2 aliphatic heterocycles. The second-order valence-corrected chi connectivity index (χ2v) is 12.7. The predicted octanol–water partition coefficient (Wildman–Crippen LogP) is 2.18. The Morgan fingerprint density at radius 1 is 0.969 bits per heavy atom. The number of rotatable bonds is 3. The zero-order valence-electron chi connectivity index (χ0n) is 19.7. The smallest absolute Gasteiger partial charge is 0.317 e. The Labute approximate surface area is 192 Å². The number of sulfone groups is 1. The van der Waals surface area contributed by atoms with Crippen LogP contribution in [0.5, 0.6) is 0 Å². The van der Waals surface area contributed by atoms with E-state index in [-0.39, 0.29) is 41.4 Å². The van der Waals surface area contributed by atoms with E-state index in [4.69, 9.17) is 4.74 Å². The van der Waals surface area contributed by atoms with Gasteiger partial charge in [-0.05, 0) is 76.5 Å². The maximum Gasteiger partial charge on any atom is 0.317 e. The number of piperazine rings is 1. The van der Waals surface area contributed by atoms with Crippen LogP contribution in [0, 0.1) is 11.8 Å². The van der Waals surface area contributed by atoms with Crippen LogP contribution in [0.2, 0.25) is 0 Å². The van der Waals surface area contributed by atoms with Gasteiger partial charge in [0.05, 0.1) is 17.3 Å². The number of ether oxygens (including phenoxy) is 1. The minimum Gasteiger partial charge on any atom is -0.368 e. The molecule has 2 heterocycles. The molecule has 0 bridgehead atoms. The number of hydrogen-bond donors (Lipinski definition) is 1. The summed E-state index contributed by atoms with van der Waals surface area (Å²) in [5.74, 6) is 1.06. The Balaban J connectivity index is 1.51. The van der Waals surface area contributed by atoms with Crippen LogP contribution in [-0.4, -0.2) is 86.1 Å². The van der Waals surface area contributed by atoms with Crippen molar-refractivity contribution in [2.45, 2.75) is 94.2 Å². The van der Waals surface area contributed by atoms with Crippen LogP contribution in [0.3, 0.4) is 0 Å². The molecule has 3 amide bonds. The van der Waals surface area contributed by atoms with Crippen LogP contribution < -0.4 is 5.32 Å². The first-order valence-electron chi connectivity index (χ1n) is 12.3. The fourth-order valence-corrected chi connectivity index (χ4v) is 7.89. The van der Waals surface area contributed by atoms with Crippen molar-refractivity contribution in [3.8, 4) is 0 Å². The lowest BCUT2D eigenvalue weighted by atomic mass is 9.69. The summed E-state index contributed by atoms with van der Waals surface area (Å²) in [5, 5.41) is 2.59. The van der Waals surface area contributed by atoms with Crippen molar-refractivity contribution >= 4 is 21.8 Å². The largest absolute Gasteiger partial charge is 0.368 e. The topological polar surface area (TPSA) is 96.0 Å². The van der Waals surface area contributed by atoms with Crippen LogP contribution in [0.15, 0.2) is 0 Å². The van der Waals surface area contributed by atoms with Crippen LogP contribution in [0.1, 0.15) is 64.7 Å². The Morgan fingerprint density at radius 2 is 1.66 bits per heavy atom. The van der Waals surface area contributed by atoms with E-state index in [9.17, 15) is 18.0 Å². The van der Waals surface area contributed by atoms with E-state index in [2.05, 4.69) is 5.32 Å². The van der Waals surface area contributed by atoms with Gasteiger partial charge in [0.1, 0.15) is 15.9 Å². The molecule has 0 spiro atoms. The van der Waals surface area contributed by atoms with Gasteiger partial charge in [-0.15, -0.1) is 0 Å². The maximum atomic E-state index is 13.4. The van der Waals surface area contributed by atoms with Crippen molar-refractivity contribution < 1.29 is 22.7 Å². The fourth-order valence-electron chi connectivity index (χ4n) is 6.76. The average Bonchev–Trinajstić information content (AvgIpc) is 3.32. The molecule has 2 saturated carbocycles. The molecular formula is C23H39N3O5S. The molecule has 0 aromatic heterocycles. The fraction of sp³-hybridized carbons (Fsp3) is 0.913. The van der Waals surface area contributed by atoms with Crippen LogP contribution in [-0.2, 0) is 19.4 Å². The number of carbonyl (C=O) groups is 2. The molecule has 0 aromatic rings. The van der Waals surface area contributed by atoms with Crippen molar-refractivity contribution in [1.82, 2.24) is 15.1 Å². The van der Waals surface area contributed by atoms with E-state index < -0.39 is 9.84 Å². The molecule has 5 atom stereocenters. The molecule has 32 heavy (non-hydrogen) atoms. The number of nitrogens with one attached hydrogen (secondary N) is 1. The zero-order valence-corrected chi connectivity index (χ0v) is 20.5. The highest BCUT2D eigenvalue weighted by Gasteiger charge is 2.49. The summed E-state index contributed by atoms with van der Waals surface area (Å²) in [6.07, 6.45) is 8.87. The summed E-state index contributed by atoms with van der Waals surface area (Å²) in [4.78, 5) is 30.1. The van der Waals surface area contributed by atoms with Crippen molar-refractivity contribution in [3.05, 3.63) is 0 Å². The van der Waals surface area contributed by atoms with Gasteiger partial charge in [0.15, 0.2) is 0 Å². The normalized spacial score (nSPS) is 38.3. The first kappa shape index (κ1) is 23.8. The molecule has 2 aliphatic carbocycles. The third-order valence-electron chi connectivity index (χ3n) is 8.44. The van der Waals surface area contributed by atoms with Crippen LogP contribution in [0.4, 0.5) is 4.79 Å². The number of hydrogen-bond acceptors (Lipinski definition) is 5.